The van der Waals surface area contributed by atoms with Crippen molar-refractivity contribution in [2.24, 2.45) is 15.9 Å². The highest BCUT2D eigenvalue weighted by molar-refractivity contribution is 5.98. The summed E-state index contributed by atoms with van der Waals surface area (Å²) in [5.41, 5.74) is 7.43. The predicted octanol–water partition coefficient (Wildman–Crippen LogP) is 1.12. The van der Waals surface area contributed by atoms with Crippen LogP contribution in [0, 0.1) is 5.82 Å². The van der Waals surface area contributed by atoms with Crippen LogP contribution in [-0.2, 0) is 11.4 Å². The number of nitrogens with two attached hydrogens (primary N) is 1. The van der Waals surface area contributed by atoms with E-state index in [4.69, 9.17) is 15.7 Å². The van der Waals surface area contributed by atoms with Gasteiger partial charge < -0.3 is 25.5 Å². The van der Waals surface area contributed by atoms with Crippen LogP contribution in [0.3, 0.4) is 0 Å². The first-order chi connectivity index (χ1) is 15.3. The Balaban J connectivity index is 1.61. The van der Waals surface area contributed by atoms with Crippen molar-refractivity contribution < 1.29 is 19.1 Å². The van der Waals surface area contributed by atoms with E-state index in [0.717, 1.165) is 12.3 Å². The number of oxime groups is 1. The summed E-state index contributed by atoms with van der Waals surface area (Å²) >= 11 is 0. The number of aliphatic imine (C=N–C) groups is 1. The summed E-state index contributed by atoms with van der Waals surface area (Å²) in [5.74, 6) is -0.283. The van der Waals surface area contributed by atoms with Crippen molar-refractivity contribution in [3.05, 3.63) is 42.0 Å². The molecule has 1 aromatic heterocycles. The molecule has 3 rings (SSSR count). The Labute approximate surface area is 184 Å². The Morgan fingerprint density at radius 1 is 1.34 bits per heavy atom. The monoisotopic (exact) mass is 444 g/mol. The largest absolute Gasteiger partial charge is 0.465 e. The van der Waals surface area contributed by atoms with Gasteiger partial charge in [-0.1, -0.05) is 23.4 Å². The minimum Gasteiger partial charge on any atom is -0.465 e. The molecule has 1 aliphatic rings. The first-order valence-electron chi connectivity index (χ1n) is 9.80. The molecule has 0 spiro atoms. The Kier molecular flexibility index (Phi) is 7.49. The molecule has 0 aliphatic carbocycles. The van der Waals surface area contributed by atoms with Crippen molar-refractivity contribution in [3.8, 4) is 11.1 Å². The molecule has 0 unspecified atom stereocenters. The Morgan fingerprint density at radius 3 is 2.72 bits per heavy atom. The molecule has 170 valence electrons. The molecule has 1 amide bonds. The van der Waals surface area contributed by atoms with E-state index in [1.54, 1.807) is 30.6 Å². The molecule has 0 saturated carbocycles. The summed E-state index contributed by atoms with van der Waals surface area (Å²) in [5, 5.41) is 14.6. The zero-order valence-electron chi connectivity index (χ0n) is 17.8. The van der Waals surface area contributed by atoms with Crippen LogP contribution in [0.15, 0.2) is 40.7 Å². The van der Waals surface area contributed by atoms with Crippen molar-refractivity contribution in [2.45, 2.75) is 6.54 Å². The van der Waals surface area contributed by atoms with Gasteiger partial charge in [0.05, 0.1) is 25.3 Å². The van der Waals surface area contributed by atoms with Gasteiger partial charge in [-0.3, -0.25) is 5.32 Å². The molecule has 2 heterocycles. The number of amides is 1. The zero-order chi connectivity index (χ0) is 23.1. The molecule has 12 heteroatoms. The van der Waals surface area contributed by atoms with Crippen LogP contribution in [0.4, 0.5) is 15.1 Å². The van der Waals surface area contributed by atoms with Crippen LogP contribution in [0.2, 0.25) is 0 Å². The van der Waals surface area contributed by atoms with Gasteiger partial charge in [0.25, 0.3) is 0 Å². The number of hydrogen-bond donors (Lipinski definition) is 3. The molecule has 0 bridgehead atoms. The fourth-order valence-corrected chi connectivity index (χ4v) is 2.82. The van der Waals surface area contributed by atoms with Crippen molar-refractivity contribution in [3.63, 3.8) is 0 Å². The third kappa shape index (κ3) is 6.11. The fourth-order valence-electron chi connectivity index (χ4n) is 2.82. The van der Waals surface area contributed by atoms with Crippen LogP contribution in [-0.4, -0.2) is 78.1 Å². The van der Waals surface area contributed by atoms with Crippen LogP contribution in [0.1, 0.15) is 5.56 Å². The van der Waals surface area contributed by atoms with E-state index in [1.165, 1.54) is 0 Å². The maximum atomic E-state index is 14.9. The predicted molar refractivity (Wildman–Crippen MR) is 118 cm³/mol. The summed E-state index contributed by atoms with van der Waals surface area (Å²) in [6.45, 7) is 2.36. The normalized spacial score (nSPS) is 13.7. The van der Waals surface area contributed by atoms with Crippen LogP contribution in [0.25, 0.3) is 11.1 Å². The van der Waals surface area contributed by atoms with Gasteiger partial charge in [0.1, 0.15) is 12.4 Å². The number of nitrogens with zero attached hydrogens (tertiary/aromatic N) is 6. The third-order valence-corrected chi connectivity index (χ3v) is 4.54. The van der Waals surface area contributed by atoms with Gasteiger partial charge in [0.2, 0.25) is 5.95 Å². The molecule has 11 nitrogen and oxygen atoms in total. The lowest BCUT2D eigenvalue weighted by Gasteiger charge is -2.31. The molecule has 0 atom stereocenters. The number of aromatic nitrogens is 2. The summed E-state index contributed by atoms with van der Waals surface area (Å²) in [6.07, 6.45) is 1.77. The molecule has 1 fully saturated rings. The minimum absolute atomic E-state index is 0.114. The number of benzene rings is 1. The Hall–Kier alpha value is -3.80. The van der Waals surface area contributed by atoms with E-state index < -0.39 is 11.9 Å². The van der Waals surface area contributed by atoms with Gasteiger partial charge in [-0.15, -0.1) is 0 Å². The molecular formula is C20H25FN8O3. The lowest BCUT2D eigenvalue weighted by molar-refractivity contribution is 0.124. The van der Waals surface area contributed by atoms with Gasteiger partial charge >= 0.3 is 6.09 Å². The average Bonchev–Trinajstić information content (AvgIpc) is 2.71. The molecular weight excluding hydrogens is 419 g/mol. The maximum Gasteiger partial charge on any atom is 0.411 e. The first kappa shape index (κ1) is 22.9. The topological polar surface area (TPSA) is 142 Å². The molecule has 4 N–H and O–H groups in total. The minimum atomic E-state index is -1.34. The molecule has 2 aromatic rings. The number of nitrogens with one attached hydrogen (secondary N) is 1. The van der Waals surface area contributed by atoms with Crippen LogP contribution in [0.5, 0.6) is 0 Å². The van der Waals surface area contributed by atoms with Gasteiger partial charge in [-0.25, -0.2) is 24.1 Å². The highest BCUT2D eigenvalue weighted by atomic mass is 19.1. The molecule has 32 heavy (non-hydrogen) atoms. The number of carbonyl (C=O) groups is 1. The smallest absolute Gasteiger partial charge is 0.411 e. The summed E-state index contributed by atoms with van der Waals surface area (Å²) in [7, 11) is 3.93. The zero-order valence-corrected chi connectivity index (χ0v) is 17.8. The standard InChI is InChI=1S/C20H25FN8O3/c1-28(2)6-7-32-27-15-11-29(12-15)19-24-9-14(10-25-19)16-5-3-4-13(17(16)21)8-23-18(22)26-20(30)31/h3-5,9-10H,6-8,11-12H2,1-2H3,(H,30,31)(H3,22,23,26). The summed E-state index contributed by atoms with van der Waals surface area (Å²) in [6, 6.07) is 4.83. The van der Waals surface area contributed by atoms with Gasteiger partial charge in [0, 0.05) is 35.6 Å². The number of carboxylic acid groups (broad SMARTS) is 1. The number of rotatable bonds is 8. The maximum absolute atomic E-state index is 14.9. The van der Waals surface area contributed by atoms with E-state index >= 15 is 0 Å². The van der Waals surface area contributed by atoms with Crippen LogP contribution >= 0.6 is 0 Å². The number of likely N-dealkylation sites (N-methyl/N-ethyl adjacent to an activating group) is 1. The quantitative estimate of drug-likeness (QED) is 0.238. The Morgan fingerprint density at radius 2 is 2.06 bits per heavy atom. The van der Waals surface area contributed by atoms with E-state index in [0.29, 0.717) is 36.8 Å². The SMILES string of the molecule is CN(C)CCON=C1CN(c2ncc(-c3cccc(CN=C(N)NC(=O)O)c3F)cn2)C1. The highest BCUT2D eigenvalue weighted by Gasteiger charge is 2.25. The van der Waals surface area contributed by atoms with Crippen molar-refractivity contribution in [1.82, 2.24) is 20.2 Å². The van der Waals surface area contributed by atoms with Crippen molar-refractivity contribution >= 4 is 23.7 Å². The number of halogens is 1. The van der Waals surface area contributed by atoms with Crippen molar-refractivity contribution in [1.29, 1.82) is 0 Å². The first-order valence-corrected chi connectivity index (χ1v) is 9.80. The van der Waals surface area contributed by atoms with Gasteiger partial charge in [-0.2, -0.15) is 0 Å². The van der Waals surface area contributed by atoms with Gasteiger partial charge in [-0.05, 0) is 14.1 Å². The third-order valence-electron chi connectivity index (χ3n) is 4.54. The summed E-state index contributed by atoms with van der Waals surface area (Å²) < 4.78 is 14.9. The van der Waals surface area contributed by atoms with Crippen molar-refractivity contribution in [2.75, 3.05) is 45.2 Å². The fraction of sp³-hybridized carbons (Fsp3) is 0.350. The second kappa shape index (κ2) is 10.5. The molecule has 0 radical (unpaired) electrons. The van der Waals surface area contributed by atoms with Crippen LogP contribution < -0.4 is 16.0 Å². The summed E-state index contributed by atoms with van der Waals surface area (Å²) in [4.78, 5) is 32.3. The number of hydrogen-bond acceptors (Lipinski definition) is 8. The molecule has 1 aliphatic heterocycles. The Bertz CT molecular complexity index is 1000. The molecule has 1 saturated heterocycles. The number of guanidine groups is 1. The lowest BCUT2D eigenvalue weighted by Crippen LogP contribution is -2.48. The van der Waals surface area contributed by atoms with Gasteiger partial charge in [0.15, 0.2) is 5.96 Å². The second-order valence-electron chi connectivity index (χ2n) is 7.33. The van der Waals surface area contributed by atoms with E-state index in [9.17, 15) is 9.18 Å². The molecule has 1 aromatic carbocycles. The lowest BCUT2D eigenvalue weighted by atomic mass is 10.0. The van der Waals surface area contributed by atoms with E-state index in [1.807, 2.05) is 29.2 Å². The van der Waals surface area contributed by atoms with E-state index in [2.05, 4.69) is 20.1 Å². The number of anilines is 1. The van der Waals surface area contributed by atoms with E-state index in [-0.39, 0.29) is 18.1 Å². The highest BCUT2D eigenvalue weighted by Crippen LogP contribution is 2.25. The average molecular weight is 444 g/mol. The second-order valence-corrected chi connectivity index (χ2v) is 7.33.